The predicted molar refractivity (Wildman–Crippen MR) is 353 cm³/mol. The number of halogens is 2. The van der Waals surface area contributed by atoms with Gasteiger partial charge in [0.15, 0.2) is 0 Å². The normalized spacial score (nSPS) is 32.6. The van der Waals surface area contributed by atoms with Crippen LogP contribution in [0.25, 0.3) is 0 Å². The fraction of sp³-hybridized carbons (Fsp3) is 0.571. The Morgan fingerprint density at radius 2 is 1.01 bits per heavy atom. The molecule has 14 atom stereocenters. The van der Waals surface area contributed by atoms with Gasteiger partial charge in [0.05, 0.1) is 72.7 Å². The summed E-state index contributed by atoms with van der Waals surface area (Å²) in [6.07, 6.45) is 17.6. The second-order valence-corrected chi connectivity index (χ2v) is 32.5. The summed E-state index contributed by atoms with van der Waals surface area (Å²) >= 11 is 12.8. The lowest BCUT2D eigenvalue weighted by atomic mass is 9.68. The van der Waals surface area contributed by atoms with Gasteiger partial charge in [-0.25, -0.2) is 26.3 Å². The van der Waals surface area contributed by atoms with Crippen molar-refractivity contribution in [3.05, 3.63) is 141 Å². The number of ether oxygens (including phenoxy) is 4. The van der Waals surface area contributed by atoms with Crippen LogP contribution in [0, 0.1) is 35.5 Å². The van der Waals surface area contributed by atoms with Crippen molar-refractivity contribution in [3.8, 4) is 11.5 Å². The monoisotopic (exact) mass is 1310 g/mol. The number of aliphatic hydroxyl groups is 2. The highest BCUT2D eigenvalue weighted by Gasteiger charge is 2.47. The van der Waals surface area contributed by atoms with Crippen molar-refractivity contribution in [3.63, 3.8) is 0 Å². The van der Waals surface area contributed by atoms with E-state index >= 15 is 0 Å². The molecule has 90 heavy (non-hydrogen) atoms. The van der Waals surface area contributed by atoms with E-state index in [1.165, 1.54) is 22.3 Å². The van der Waals surface area contributed by atoms with Gasteiger partial charge in [-0.2, -0.15) is 0 Å². The molecule has 4 bridgehead atoms. The van der Waals surface area contributed by atoms with Gasteiger partial charge >= 0.3 is 0 Å². The molecule has 4 aromatic rings. The number of nitrogens with one attached hydrogen (secondary N) is 2. The van der Waals surface area contributed by atoms with Crippen LogP contribution in [-0.2, 0) is 53.2 Å². The van der Waals surface area contributed by atoms with Crippen LogP contribution in [0.1, 0.15) is 149 Å². The Morgan fingerprint density at radius 3 is 1.39 bits per heavy atom. The van der Waals surface area contributed by atoms with Gasteiger partial charge in [-0.15, -0.1) is 0 Å². The number of allylic oxidation sites excluding steroid dienone is 2. The van der Waals surface area contributed by atoms with Crippen molar-refractivity contribution in [1.82, 2.24) is 9.44 Å². The fourth-order valence-electron chi connectivity index (χ4n) is 15.1. The van der Waals surface area contributed by atoms with Gasteiger partial charge < -0.3 is 39.0 Å². The van der Waals surface area contributed by atoms with Crippen LogP contribution in [0.5, 0.6) is 11.5 Å². The molecule has 8 aliphatic rings. The number of aliphatic hydroxyl groups excluding tert-OH is 2. The van der Waals surface area contributed by atoms with E-state index in [9.17, 15) is 36.6 Å². The summed E-state index contributed by atoms with van der Waals surface area (Å²) in [5.74, 6) is 0.798. The summed E-state index contributed by atoms with van der Waals surface area (Å²) in [6, 6.07) is 22.9. The van der Waals surface area contributed by atoms with E-state index in [1.54, 1.807) is 64.1 Å². The third-order valence-electron chi connectivity index (χ3n) is 21.1. The predicted octanol–water partition coefficient (Wildman–Crippen LogP) is 11.3. The molecule has 4 heterocycles. The van der Waals surface area contributed by atoms with Crippen LogP contribution in [0.15, 0.2) is 97.1 Å². The molecule has 2 fully saturated rings. The Bertz CT molecular complexity index is 3350. The van der Waals surface area contributed by atoms with Crippen molar-refractivity contribution in [2.24, 2.45) is 35.5 Å². The molecule has 4 N–H and O–H groups in total. The lowest BCUT2D eigenvalue weighted by Crippen LogP contribution is -2.50. The molecule has 2 saturated carbocycles. The van der Waals surface area contributed by atoms with E-state index in [0.29, 0.717) is 62.5 Å². The molecule has 4 aliphatic carbocycles. The molecule has 2 amide bonds. The van der Waals surface area contributed by atoms with E-state index < -0.39 is 54.6 Å². The zero-order valence-electron chi connectivity index (χ0n) is 52.8. The molecule has 0 aromatic heterocycles. The Kier molecular flexibility index (Phi) is 20.2. The molecule has 0 saturated heterocycles. The first-order chi connectivity index (χ1) is 42.9. The van der Waals surface area contributed by atoms with Crippen molar-refractivity contribution in [2.45, 2.75) is 164 Å². The highest BCUT2D eigenvalue weighted by molar-refractivity contribution is 7.91. The topological polar surface area (TPSA) is 210 Å². The van der Waals surface area contributed by atoms with E-state index in [-0.39, 0.29) is 71.1 Å². The molecule has 2 spiro atoms. The average molecular weight is 1310 g/mol. The number of benzene rings is 4. The van der Waals surface area contributed by atoms with Crippen LogP contribution in [0.3, 0.4) is 0 Å². The zero-order chi connectivity index (χ0) is 63.9. The number of carbonyl (C=O) groups is 2. The summed E-state index contributed by atoms with van der Waals surface area (Å²) in [7, 11) is -7.87. The van der Waals surface area contributed by atoms with Crippen molar-refractivity contribution in [2.75, 3.05) is 62.4 Å². The minimum absolute atomic E-state index is 0.189. The Balaban J connectivity index is 0.000000185. The third kappa shape index (κ3) is 14.3. The maximum Gasteiger partial charge on any atom is 0.264 e. The third-order valence-corrected chi connectivity index (χ3v) is 25.4. The molecule has 20 heteroatoms. The molecule has 488 valence electrons. The van der Waals surface area contributed by atoms with Gasteiger partial charge in [-0.05, 0) is 223 Å². The summed E-state index contributed by atoms with van der Waals surface area (Å²) in [5, 5.41) is 20.0. The Labute approximate surface area is 542 Å². The van der Waals surface area contributed by atoms with Crippen molar-refractivity contribution >= 4 is 66.4 Å². The minimum atomic E-state index is -3.93. The summed E-state index contributed by atoms with van der Waals surface area (Å²) in [5.41, 5.74) is 6.67. The van der Waals surface area contributed by atoms with Gasteiger partial charge in [-0.1, -0.05) is 73.5 Å². The van der Waals surface area contributed by atoms with Gasteiger partial charge in [-0.3, -0.25) is 9.59 Å². The van der Waals surface area contributed by atoms with Crippen LogP contribution >= 0.6 is 23.2 Å². The molecular weight excluding hydrogens is 1220 g/mol. The minimum Gasteiger partial charge on any atom is -0.490 e. The van der Waals surface area contributed by atoms with Gasteiger partial charge in [0, 0.05) is 58.2 Å². The van der Waals surface area contributed by atoms with Gasteiger partial charge in [0.2, 0.25) is 20.0 Å². The second kappa shape index (κ2) is 27.4. The summed E-state index contributed by atoms with van der Waals surface area (Å²) in [6.45, 7) is 14.8. The van der Waals surface area contributed by atoms with Gasteiger partial charge in [0.1, 0.15) is 11.5 Å². The lowest BCUT2D eigenvalue weighted by Gasteiger charge is -2.46. The second-order valence-electron chi connectivity index (χ2n) is 27.5. The molecule has 0 radical (unpaired) electrons. The first-order valence-electron chi connectivity index (χ1n) is 32.6. The van der Waals surface area contributed by atoms with Gasteiger partial charge in [0.25, 0.3) is 11.8 Å². The summed E-state index contributed by atoms with van der Waals surface area (Å²) < 4.78 is 83.6. The van der Waals surface area contributed by atoms with Crippen LogP contribution in [0.4, 0.5) is 11.4 Å². The number of nitrogens with zero attached hydrogens (tertiary/aromatic N) is 2. The Morgan fingerprint density at radius 1 is 0.600 bits per heavy atom. The molecule has 4 aromatic carbocycles. The number of amides is 2. The standard InChI is InChI=1S/2C35H45ClN2O6S/c2*1-22-6-4-8-32(43-19-23(2)39)29-12-9-27(29)18-38-20-35(15-5-7-25-16-28(36)11-13-30(25)35)21-44-33-14-10-26(17-31(33)38)34(40)37-45(41,42)24(22)3/h2*4,8,10-11,13-14,16-17,22-24,27,29,32,39H,5-7,9,12,15,18-21H2,1-3H3,(H,37,40)/b2*8-4+/t22-,23+,24+,27-,29+,32-,35-;22-,23-,24+,27-,29+,32-,35-/m00/s1. The van der Waals surface area contributed by atoms with E-state index in [1.807, 2.05) is 38.1 Å². The molecular formula is C70H90Cl2N4O12S2. The number of anilines is 2. The molecule has 16 nitrogen and oxygen atoms in total. The highest BCUT2D eigenvalue weighted by Crippen LogP contribution is 2.50. The van der Waals surface area contributed by atoms with Crippen molar-refractivity contribution in [1.29, 1.82) is 0 Å². The number of hydrogen-bond donors (Lipinski definition) is 4. The Hall–Kier alpha value is -5.18. The van der Waals surface area contributed by atoms with Crippen LogP contribution < -0.4 is 28.7 Å². The van der Waals surface area contributed by atoms with E-state index in [2.05, 4.69) is 55.7 Å². The first kappa shape index (κ1) is 66.3. The van der Waals surface area contributed by atoms with E-state index in [4.69, 9.17) is 42.1 Å². The van der Waals surface area contributed by atoms with Crippen molar-refractivity contribution < 1.29 is 55.6 Å². The largest absolute Gasteiger partial charge is 0.490 e. The smallest absolute Gasteiger partial charge is 0.264 e. The quantitative estimate of drug-likeness (QED) is 0.132. The number of sulfonamides is 2. The first-order valence-corrected chi connectivity index (χ1v) is 36.4. The molecule has 4 aliphatic heterocycles. The average Bonchev–Trinajstić information content (AvgIpc) is 1.47. The van der Waals surface area contributed by atoms with E-state index in [0.717, 1.165) is 98.7 Å². The number of fused-ring (bicyclic) bond motifs is 8. The maximum atomic E-state index is 13.4. The maximum absolute atomic E-state index is 13.4. The number of carbonyl (C=O) groups excluding carboxylic acids is 2. The molecule has 12 rings (SSSR count). The number of aryl methyl sites for hydroxylation is 2. The van der Waals surface area contributed by atoms with Crippen LogP contribution in [0.2, 0.25) is 10.0 Å². The molecule has 0 unspecified atom stereocenters. The number of rotatable bonds is 6. The highest BCUT2D eigenvalue weighted by atomic mass is 35.5. The van der Waals surface area contributed by atoms with Crippen LogP contribution in [-0.4, -0.2) is 126 Å². The summed E-state index contributed by atoms with van der Waals surface area (Å²) in [4.78, 5) is 31.6. The lowest BCUT2D eigenvalue weighted by molar-refractivity contribution is -0.0437. The SMILES string of the molecule is C[C@@H]1[C@@H](C)C/C=C/[C@H](OC[C@@H](C)O)[C@@H]2CC[C@H]2CN2C[C@@]3(CCCc4cc(Cl)ccc43)COc3ccc(cc32)C(=O)NS1(=O)=O.C[C@H](O)CO[C@H]1/C=C/C[C@H](C)[C@@H](C)S(=O)(=O)NC(=O)c2ccc3c(c2)N(C[C@@H]2CC[C@H]21)C[C@@]1(CCCc2cc(Cl)ccc21)CO3. The zero-order valence-corrected chi connectivity index (χ0v) is 55.9. The fourth-order valence-corrected chi connectivity index (χ4v) is 18.1. The number of hydrogen-bond acceptors (Lipinski definition) is 14.